The van der Waals surface area contributed by atoms with E-state index in [0.29, 0.717) is 28.7 Å². The van der Waals surface area contributed by atoms with E-state index >= 15 is 0 Å². The molecule has 0 aliphatic carbocycles. The van der Waals surface area contributed by atoms with Gasteiger partial charge in [0.1, 0.15) is 0 Å². The smallest absolute Gasteiger partial charge is 0.416 e. The fourth-order valence-corrected chi connectivity index (χ4v) is 3.07. The average Bonchev–Trinajstić information content (AvgIpc) is 2.69. The Morgan fingerprint density at radius 1 is 1.32 bits per heavy atom. The van der Waals surface area contributed by atoms with Gasteiger partial charge < -0.3 is 19.7 Å². The quantitative estimate of drug-likeness (QED) is 0.863. The minimum atomic E-state index is -4.61. The number of aliphatic carboxylic acids is 1. The first-order valence-electron chi connectivity index (χ1n) is 7.69. The summed E-state index contributed by atoms with van der Waals surface area (Å²) in [5.41, 5.74) is 0.236. The summed E-state index contributed by atoms with van der Waals surface area (Å²) in [6.07, 6.45) is -6.24. The summed E-state index contributed by atoms with van der Waals surface area (Å²) in [6, 6.07) is 2.25. The van der Waals surface area contributed by atoms with Crippen molar-refractivity contribution in [1.82, 2.24) is 9.47 Å². The van der Waals surface area contributed by atoms with Gasteiger partial charge in [0.25, 0.3) is 0 Å². The zero-order valence-electron chi connectivity index (χ0n) is 14.5. The van der Waals surface area contributed by atoms with Gasteiger partial charge >= 0.3 is 12.1 Å². The van der Waals surface area contributed by atoms with Gasteiger partial charge in [0.2, 0.25) is 0 Å². The van der Waals surface area contributed by atoms with Gasteiger partial charge in [-0.2, -0.15) is 13.2 Å². The Kier molecular flexibility index (Phi) is 5.15. The maximum atomic E-state index is 13.4. The molecule has 1 aromatic carbocycles. The summed E-state index contributed by atoms with van der Waals surface area (Å²) in [7, 11) is 5.21. The van der Waals surface area contributed by atoms with Crippen LogP contribution in [0.1, 0.15) is 35.4 Å². The van der Waals surface area contributed by atoms with E-state index in [1.54, 1.807) is 25.7 Å². The Balaban J connectivity index is 2.87. The van der Waals surface area contributed by atoms with Crippen molar-refractivity contribution in [2.24, 2.45) is 7.05 Å². The van der Waals surface area contributed by atoms with E-state index in [2.05, 4.69) is 0 Å². The van der Waals surface area contributed by atoms with E-state index < -0.39 is 23.8 Å². The Hall–Kier alpha value is -2.06. The van der Waals surface area contributed by atoms with Gasteiger partial charge in [-0.1, -0.05) is 0 Å². The second-order valence-electron chi connectivity index (χ2n) is 6.42. The number of hydrogen-bond donors (Lipinski definition) is 2. The zero-order valence-corrected chi connectivity index (χ0v) is 14.5. The molecule has 8 heteroatoms. The average molecular weight is 358 g/mol. The van der Waals surface area contributed by atoms with Crippen molar-refractivity contribution in [3.8, 4) is 0 Å². The van der Waals surface area contributed by atoms with Gasteiger partial charge in [0.05, 0.1) is 18.1 Å². The zero-order chi connectivity index (χ0) is 19.1. The normalized spacial score (nSPS) is 13.6. The number of aromatic nitrogens is 1. The third-order valence-electron chi connectivity index (χ3n) is 4.16. The van der Waals surface area contributed by atoms with Crippen molar-refractivity contribution in [1.29, 1.82) is 0 Å². The fraction of sp³-hybridized carbons (Fsp3) is 0.471. The predicted octanol–water partition coefficient (Wildman–Crippen LogP) is 2.94. The first-order valence-corrected chi connectivity index (χ1v) is 7.69. The Morgan fingerprint density at radius 2 is 1.92 bits per heavy atom. The van der Waals surface area contributed by atoms with E-state index in [9.17, 15) is 28.2 Å². The van der Waals surface area contributed by atoms with Gasteiger partial charge in [-0.05, 0) is 44.3 Å². The van der Waals surface area contributed by atoms with Gasteiger partial charge in [0, 0.05) is 30.2 Å². The minimum Gasteiger partial charge on any atom is -0.481 e. The molecule has 1 aromatic heterocycles. The lowest BCUT2D eigenvalue weighted by Crippen LogP contribution is -2.16. The Morgan fingerprint density at radius 3 is 2.36 bits per heavy atom. The van der Waals surface area contributed by atoms with Gasteiger partial charge in [-0.25, -0.2) is 0 Å². The number of aliphatic hydroxyl groups is 1. The topological polar surface area (TPSA) is 65.7 Å². The molecule has 1 heterocycles. The number of hydrogen-bond acceptors (Lipinski definition) is 3. The largest absolute Gasteiger partial charge is 0.481 e. The highest BCUT2D eigenvalue weighted by Crippen LogP contribution is 2.39. The standard InChI is InChI=1S/C17H21F3N2O3/c1-9(23)10-5-11-12(6-16(24)25)15(8-21(2)3)22(4)14(11)7-13(10)17(18,19)20/h5,7,9,23H,6,8H2,1-4H3,(H,24,25). The van der Waals surface area contributed by atoms with Crippen molar-refractivity contribution in [2.45, 2.75) is 32.2 Å². The summed E-state index contributed by atoms with van der Waals surface area (Å²) >= 11 is 0. The molecule has 1 unspecified atom stereocenters. The third kappa shape index (κ3) is 3.80. The van der Waals surface area contributed by atoms with Crippen LogP contribution in [0.15, 0.2) is 12.1 Å². The molecular weight excluding hydrogens is 337 g/mol. The molecule has 138 valence electrons. The van der Waals surface area contributed by atoms with Crippen LogP contribution < -0.4 is 0 Å². The molecule has 0 bridgehead atoms. The second-order valence-corrected chi connectivity index (χ2v) is 6.42. The summed E-state index contributed by atoms with van der Waals surface area (Å²) in [5, 5.41) is 19.4. The molecule has 0 saturated carbocycles. The van der Waals surface area contributed by atoms with Crippen LogP contribution in [0.5, 0.6) is 0 Å². The van der Waals surface area contributed by atoms with Crippen molar-refractivity contribution >= 4 is 16.9 Å². The number of aryl methyl sites for hydroxylation is 1. The van der Waals surface area contributed by atoms with Crippen LogP contribution in [0.25, 0.3) is 10.9 Å². The SMILES string of the molecule is CC(O)c1cc2c(CC(=O)O)c(CN(C)C)n(C)c2cc1C(F)(F)F. The number of alkyl halides is 3. The monoisotopic (exact) mass is 358 g/mol. The number of benzene rings is 1. The van der Waals surface area contributed by atoms with Crippen LogP contribution in [0.3, 0.4) is 0 Å². The van der Waals surface area contributed by atoms with Crippen LogP contribution >= 0.6 is 0 Å². The van der Waals surface area contributed by atoms with Crippen molar-refractivity contribution in [2.75, 3.05) is 14.1 Å². The molecule has 0 radical (unpaired) electrons. The Labute approximate surface area is 143 Å². The number of rotatable bonds is 5. The molecule has 0 saturated heterocycles. The number of carboxylic acid groups (broad SMARTS) is 1. The molecule has 2 rings (SSSR count). The number of halogens is 3. The third-order valence-corrected chi connectivity index (χ3v) is 4.16. The van der Waals surface area contributed by atoms with Gasteiger partial charge in [-0.3, -0.25) is 4.79 Å². The predicted molar refractivity (Wildman–Crippen MR) is 87.3 cm³/mol. The highest BCUT2D eigenvalue weighted by Gasteiger charge is 2.35. The number of fused-ring (bicyclic) bond motifs is 1. The molecule has 5 nitrogen and oxygen atoms in total. The molecule has 0 aliphatic rings. The first-order chi connectivity index (χ1) is 11.4. The summed E-state index contributed by atoms with van der Waals surface area (Å²) in [4.78, 5) is 13.1. The van der Waals surface area contributed by atoms with Crippen molar-refractivity contribution in [3.63, 3.8) is 0 Å². The molecule has 2 N–H and O–H groups in total. The van der Waals surface area contributed by atoms with Gasteiger partial charge in [-0.15, -0.1) is 0 Å². The number of carboxylic acids is 1. The van der Waals surface area contributed by atoms with E-state index in [1.165, 1.54) is 13.0 Å². The first kappa shape index (κ1) is 19.3. The molecule has 0 spiro atoms. The number of nitrogens with zero attached hydrogens (tertiary/aromatic N) is 2. The van der Waals surface area contributed by atoms with E-state index in [-0.39, 0.29) is 12.0 Å². The van der Waals surface area contributed by atoms with Crippen LogP contribution in [-0.2, 0) is 31.0 Å². The number of aliphatic hydroxyl groups excluding tert-OH is 1. The molecule has 0 amide bonds. The van der Waals surface area contributed by atoms with Crippen LogP contribution in [0, 0.1) is 0 Å². The maximum Gasteiger partial charge on any atom is 0.416 e. The summed E-state index contributed by atoms with van der Waals surface area (Å²) in [5.74, 6) is -1.06. The van der Waals surface area contributed by atoms with Crippen molar-refractivity contribution in [3.05, 3.63) is 34.5 Å². The summed E-state index contributed by atoms with van der Waals surface area (Å²) in [6.45, 7) is 1.65. The molecule has 25 heavy (non-hydrogen) atoms. The summed E-state index contributed by atoms with van der Waals surface area (Å²) < 4.78 is 41.7. The van der Waals surface area contributed by atoms with E-state index in [1.807, 2.05) is 4.90 Å². The lowest BCUT2D eigenvalue weighted by molar-refractivity contribution is -0.139. The number of carbonyl (C=O) groups is 1. The van der Waals surface area contributed by atoms with E-state index in [4.69, 9.17) is 0 Å². The highest BCUT2D eigenvalue weighted by atomic mass is 19.4. The minimum absolute atomic E-state index is 0.256. The highest BCUT2D eigenvalue weighted by molar-refractivity contribution is 5.90. The van der Waals surface area contributed by atoms with Gasteiger partial charge in [0.15, 0.2) is 0 Å². The van der Waals surface area contributed by atoms with E-state index in [0.717, 1.165) is 6.07 Å². The van der Waals surface area contributed by atoms with Crippen LogP contribution in [0.4, 0.5) is 13.2 Å². The Bertz CT molecular complexity index is 808. The molecule has 0 aliphatic heterocycles. The fourth-order valence-electron chi connectivity index (χ4n) is 3.07. The molecule has 0 fully saturated rings. The lowest BCUT2D eigenvalue weighted by Gasteiger charge is -2.16. The maximum absolute atomic E-state index is 13.4. The molecule has 2 aromatic rings. The lowest BCUT2D eigenvalue weighted by atomic mass is 9.97. The van der Waals surface area contributed by atoms with Crippen LogP contribution in [-0.4, -0.2) is 39.7 Å². The van der Waals surface area contributed by atoms with Crippen molar-refractivity contribution < 1.29 is 28.2 Å². The molecular formula is C17H21F3N2O3. The van der Waals surface area contributed by atoms with Crippen LogP contribution in [0.2, 0.25) is 0 Å². The second kappa shape index (κ2) is 6.68. The molecule has 1 atom stereocenters.